The van der Waals surface area contributed by atoms with Crippen molar-refractivity contribution in [3.8, 4) is 5.75 Å². The molecule has 0 unspecified atom stereocenters. The highest BCUT2D eigenvalue weighted by atomic mass is 19.3. The number of anilines is 1. The first-order chi connectivity index (χ1) is 9.56. The van der Waals surface area contributed by atoms with Gasteiger partial charge in [0.2, 0.25) is 5.75 Å². The summed E-state index contributed by atoms with van der Waals surface area (Å²) in [7, 11) is 0. The minimum atomic E-state index is -3.11. The molecule has 1 aromatic rings. The van der Waals surface area contributed by atoms with Gasteiger partial charge in [-0.1, -0.05) is 0 Å². The fourth-order valence-electron chi connectivity index (χ4n) is 2.00. The van der Waals surface area contributed by atoms with Crippen molar-refractivity contribution in [3.05, 3.63) is 28.3 Å². The summed E-state index contributed by atoms with van der Waals surface area (Å²) in [5, 5.41) is 13.7. The van der Waals surface area contributed by atoms with Gasteiger partial charge in [-0.25, -0.2) is 0 Å². The van der Waals surface area contributed by atoms with E-state index < -0.39 is 23.0 Å². The third kappa shape index (κ3) is 3.77. The minimum absolute atomic E-state index is 0.0738. The van der Waals surface area contributed by atoms with E-state index in [0.717, 1.165) is 18.9 Å². The van der Waals surface area contributed by atoms with Gasteiger partial charge in [-0.15, -0.1) is 0 Å². The van der Waals surface area contributed by atoms with Crippen LogP contribution in [0, 0.1) is 10.1 Å². The van der Waals surface area contributed by atoms with Crippen LogP contribution in [0.5, 0.6) is 5.75 Å². The highest BCUT2D eigenvalue weighted by Crippen LogP contribution is 2.31. The van der Waals surface area contributed by atoms with Gasteiger partial charge in [-0.05, 0) is 18.9 Å². The zero-order valence-electron chi connectivity index (χ0n) is 10.6. The second-order valence-electron chi connectivity index (χ2n) is 4.33. The molecular formula is C12H14F2N2O4. The van der Waals surface area contributed by atoms with Crippen molar-refractivity contribution in [1.29, 1.82) is 0 Å². The second kappa shape index (κ2) is 6.47. The fraction of sp³-hybridized carbons (Fsp3) is 0.500. The van der Waals surface area contributed by atoms with E-state index in [-0.39, 0.29) is 6.10 Å². The maximum Gasteiger partial charge on any atom is 0.387 e. The first-order valence-electron chi connectivity index (χ1n) is 6.15. The fourth-order valence-corrected chi connectivity index (χ4v) is 2.00. The van der Waals surface area contributed by atoms with Crippen molar-refractivity contribution in [2.45, 2.75) is 25.6 Å². The average Bonchev–Trinajstić information content (AvgIpc) is 2.88. The molecule has 8 heteroatoms. The molecule has 1 atom stereocenters. The molecule has 1 aliphatic heterocycles. The lowest BCUT2D eigenvalue weighted by Crippen LogP contribution is -2.18. The molecule has 6 nitrogen and oxygen atoms in total. The number of nitro groups is 1. The van der Waals surface area contributed by atoms with Gasteiger partial charge in [-0.3, -0.25) is 10.1 Å². The maximum atomic E-state index is 12.2. The Hall–Kier alpha value is -1.96. The molecule has 0 aromatic heterocycles. The van der Waals surface area contributed by atoms with E-state index in [9.17, 15) is 18.9 Å². The predicted octanol–water partition coefficient (Wildman–Crippen LogP) is 2.79. The van der Waals surface area contributed by atoms with Crippen molar-refractivity contribution in [3.63, 3.8) is 0 Å². The number of benzene rings is 1. The molecule has 1 saturated heterocycles. The standard InChI is InChI=1S/C12H14F2N2O4/c13-12(14)20-11-6-8(3-4-10(11)16(17)18)15-7-9-2-1-5-19-9/h3-4,6,9,12,15H,1-2,5,7H2/t9-/m0/s1. The highest BCUT2D eigenvalue weighted by Gasteiger charge is 2.20. The van der Waals surface area contributed by atoms with Crippen LogP contribution in [0.2, 0.25) is 0 Å². The zero-order valence-corrected chi connectivity index (χ0v) is 10.6. The number of ether oxygens (including phenoxy) is 2. The highest BCUT2D eigenvalue weighted by molar-refractivity contribution is 5.58. The number of hydrogen-bond acceptors (Lipinski definition) is 5. The van der Waals surface area contributed by atoms with Crippen molar-refractivity contribution >= 4 is 11.4 Å². The Morgan fingerprint density at radius 1 is 1.55 bits per heavy atom. The normalized spacial score (nSPS) is 18.2. The summed E-state index contributed by atoms with van der Waals surface area (Å²) in [4.78, 5) is 9.96. The first-order valence-corrected chi connectivity index (χ1v) is 6.15. The Kier molecular flexibility index (Phi) is 4.67. The lowest BCUT2D eigenvalue weighted by molar-refractivity contribution is -0.386. The molecular weight excluding hydrogens is 274 g/mol. The van der Waals surface area contributed by atoms with Crippen LogP contribution in [0.15, 0.2) is 18.2 Å². The minimum Gasteiger partial charge on any atom is -0.427 e. The van der Waals surface area contributed by atoms with Crippen LogP contribution in [-0.4, -0.2) is 30.8 Å². The number of nitro benzene ring substituents is 1. The lowest BCUT2D eigenvalue weighted by atomic mass is 10.2. The van der Waals surface area contributed by atoms with Gasteiger partial charge in [0.25, 0.3) is 0 Å². The van der Waals surface area contributed by atoms with Crippen LogP contribution in [0.4, 0.5) is 20.2 Å². The van der Waals surface area contributed by atoms with Crippen LogP contribution in [-0.2, 0) is 4.74 Å². The van der Waals surface area contributed by atoms with Crippen molar-refractivity contribution in [2.75, 3.05) is 18.5 Å². The molecule has 1 aliphatic rings. The van der Waals surface area contributed by atoms with E-state index in [4.69, 9.17) is 4.74 Å². The summed E-state index contributed by atoms with van der Waals surface area (Å²) in [5.74, 6) is -0.456. The summed E-state index contributed by atoms with van der Waals surface area (Å²) in [6.07, 6.45) is 2.00. The van der Waals surface area contributed by atoms with Crippen LogP contribution in [0.25, 0.3) is 0 Å². The largest absolute Gasteiger partial charge is 0.427 e. The van der Waals surface area contributed by atoms with E-state index in [2.05, 4.69) is 10.1 Å². The Morgan fingerprint density at radius 2 is 2.35 bits per heavy atom. The number of halogens is 2. The van der Waals surface area contributed by atoms with Crippen LogP contribution >= 0.6 is 0 Å². The van der Waals surface area contributed by atoms with E-state index in [1.54, 1.807) is 0 Å². The molecule has 0 amide bonds. The Balaban J connectivity index is 2.07. The smallest absolute Gasteiger partial charge is 0.387 e. The molecule has 0 saturated carbocycles. The summed E-state index contributed by atoms with van der Waals surface area (Å²) in [6.45, 7) is -1.87. The molecule has 0 spiro atoms. The summed E-state index contributed by atoms with van der Waals surface area (Å²) >= 11 is 0. The Bertz CT molecular complexity index is 479. The van der Waals surface area contributed by atoms with Crippen LogP contribution in [0.1, 0.15) is 12.8 Å². The van der Waals surface area contributed by atoms with Gasteiger partial charge in [0, 0.05) is 31.0 Å². The van der Waals surface area contributed by atoms with Gasteiger partial charge >= 0.3 is 12.3 Å². The average molecular weight is 288 g/mol. The summed E-state index contributed by atoms with van der Waals surface area (Å²) in [5.41, 5.74) is -0.0188. The van der Waals surface area contributed by atoms with E-state index >= 15 is 0 Å². The molecule has 2 rings (SSSR count). The third-order valence-electron chi connectivity index (χ3n) is 2.93. The van der Waals surface area contributed by atoms with Gasteiger partial charge in [-0.2, -0.15) is 8.78 Å². The molecule has 1 fully saturated rings. The summed E-state index contributed by atoms with van der Waals surface area (Å²) < 4.78 is 34.1. The number of hydrogen-bond donors (Lipinski definition) is 1. The molecule has 0 aliphatic carbocycles. The monoisotopic (exact) mass is 288 g/mol. The number of rotatable bonds is 6. The number of nitrogens with one attached hydrogen (secondary N) is 1. The van der Waals surface area contributed by atoms with Crippen molar-refractivity contribution < 1.29 is 23.2 Å². The molecule has 1 N–H and O–H groups in total. The Labute approximate surface area is 113 Å². The predicted molar refractivity (Wildman–Crippen MR) is 67.2 cm³/mol. The van der Waals surface area contributed by atoms with E-state index in [1.807, 2.05) is 0 Å². The number of nitrogens with zero attached hydrogens (tertiary/aromatic N) is 1. The lowest BCUT2D eigenvalue weighted by Gasteiger charge is -2.13. The third-order valence-corrected chi connectivity index (χ3v) is 2.93. The molecule has 1 heterocycles. The molecule has 0 radical (unpaired) electrons. The second-order valence-corrected chi connectivity index (χ2v) is 4.33. The van der Waals surface area contributed by atoms with Gasteiger partial charge < -0.3 is 14.8 Å². The van der Waals surface area contributed by atoms with E-state index in [0.29, 0.717) is 18.8 Å². The van der Waals surface area contributed by atoms with E-state index in [1.165, 1.54) is 12.1 Å². The van der Waals surface area contributed by atoms with Crippen molar-refractivity contribution in [2.24, 2.45) is 0 Å². The SMILES string of the molecule is O=[N+]([O-])c1ccc(NC[C@@H]2CCCO2)cc1OC(F)F. The topological polar surface area (TPSA) is 73.6 Å². The van der Waals surface area contributed by atoms with Crippen LogP contribution < -0.4 is 10.1 Å². The van der Waals surface area contributed by atoms with Gasteiger partial charge in [0.1, 0.15) is 0 Å². The molecule has 1 aromatic carbocycles. The first kappa shape index (κ1) is 14.4. The van der Waals surface area contributed by atoms with Gasteiger partial charge in [0.15, 0.2) is 0 Å². The quantitative estimate of drug-likeness (QED) is 0.643. The number of alkyl halides is 2. The Morgan fingerprint density at radius 3 is 2.95 bits per heavy atom. The van der Waals surface area contributed by atoms with Gasteiger partial charge in [0.05, 0.1) is 11.0 Å². The maximum absolute atomic E-state index is 12.2. The van der Waals surface area contributed by atoms with Crippen molar-refractivity contribution in [1.82, 2.24) is 0 Å². The molecule has 20 heavy (non-hydrogen) atoms. The summed E-state index contributed by atoms with van der Waals surface area (Å²) in [6, 6.07) is 3.78. The zero-order chi connectivity index (χ0) is 14.5. The molecule has 110 valence electrons. The van der Waals surface area contributed by atoms with Crippen LogP contribution in [0.3, 0.4) is 0 Å². The molecule has 0 bridgehead atoms.